The van der Waals surface area contributed by atoms with Gasteiger partial charge >= 0.3 is 18.1 Å². The van der Waals surface area contributed by atoms with Crippen LogP contribution in [-0.4, -0.2) is 51.2 Å². The van der Waals surface area contributed by atoms with Crippen molar-refractivity contribution in [2.75, 3.05) is 0 Å². The van der Waals surface area contributed by atoms with Gasteiger partial charge in [0.1, 0.15) is 6.04 Å². The van der Waals surface area contributed by atoms with Crippen LogP contribution in [0.25, 0.3) is 10.8 Å². The van der Waals surface area contributed by atoms with E-state index in [9.17, 15) is 27.9 Å². The highest BCUT2D eigenvalue weighted by Gasteiger charge is 2.38. The zero-order valence-corrected chi connectivity index (χ0v) is 18.2. The molecule has 0 radical (unpaired) electrons. The van der Waals surface area contributed by atoms with Crippen LogP contribution in [0.3, 0.4) is 0 Å². The van der Waals surface area contributed by atoms with E-state index in [4.69, 9.17) is 33.0 Å². The first-order valence-corrected chi connectivity index (χ1v) is 10.2. The van der Waals surface area contributed by atoms with Crippen LogP contribution in [0.4, 0.5) is 19.0 Å². The van der Waals surface area contributed by atoms with Crippen molar-refractivity contribution in [3.8, 4) is 0 Å². The van der Waals surface area contributed by atoms with Crippen LogP contribution in [0.1, 0.15) is 36.0 Å². The van der Waals surface area contributed by atoms with Crippen molar-refractivity contribution in [2.45, 2.75) is 37.9 Å². The molecule has 0 bridgehead atoms. The Labute approximate surface area is 195 Å². The number of guanidine groups is 1. The molecule has 7 N–H and O–H groups in total. The number of pyridine rings is 1. The van der Waals surface area contributed by atoms with Gasteiger partial charge in [0.2, 0.25) is 0 Å². The molecule has 2 aromatic rings. The van der Waals surface area contributed by atoms with Gasteiger partial charge in [-0.15, -0.1) is 0 Å². The molecule has 1 fully saturated rings. The lowest BCUT2D eigenvalue weighted by molar-refractivity contribution is -0.192. The van der Waals surface area contributed by atoms with E-state index in [0.717, 1.165) is 25.7 Å². The van der Waals surface area contributed by atoms with Crippen LogP contribution < -0.4 is 16.8 Å². The maximum Gasteiger partial charge on any atom is 0.490 e. The number of benzene rings is 1. The van der Waals surface area contributed by atoms with Gasteiger partial charge in [0.05, 0.1) is 5.02 Å². The van der Waals surface area contributed by atoms with Gasteiger partial charge in [-0.2, -0.15) is 18.2 Å². The van der Waals surface area contributed by atoms with E-state index in [0.29, 0.717) is 15.8 Å². The van der Waals surface area contributed by atoms with Gasteiger partial charge in [-0.25, -0.2) is 14.6 Å². The van der Waals surface area contributed by atoms with E-state index >= 15 is 0 Å². The molecule has 0 unspecified atom stereocenters. The molecule has 34 heavy (non-hydrogen) atoms. The fraction of sp³-hybridized carbons (Fsp3) is 0.350. The number of nitrogens with zero attached hydrogens (tertiary/aromatic N) is 2. The molecule has 0 saturated heterocycles. The maximum atomic E-state index is 12.7. The van der Waals surface area contributed by atoms with Crippen molar-refractivity contribution in [2.24, 2.45) is 22.4 Å². The fourth-order valence-electron chi connectivity index (χ4n) is 3.44. The van der Waals surface area contributed by atoms with Gasteiger partial charge in [0.25, 0.3) is 5.91 Å². The molecule has 1 atom stereocenters. The number of aliphatic imine (C=N–C) groups is 1. The number of amides is 1. The van der Waals surface area contributed by atoms with Crippen molar-refractivity contribution < 1.29 is 37.8 Å². The number of carboxylic acids is 2. The average Bonchev–Trinajstić information content (AvgIpc) is 3.27. The van der Waals surface area contributed by atoms with E-state index in [1.54, 1.807) is 18.2 Å². The van der Waals surface area contributed by atoms with E-state index in [1.165, 1.54) is 6.20 Å². The Bertz CT molecular complexity index is 1120. The average molecular weight is 504 g/mol. The molecule has 184 valence electrons. The molecule has 1 heterocycles. The number of carbonyl (C=O) groups excluding carboxylic acids is 1. The highest BCUT2D eigenvalue weighted by molar-refractivity contribution is 6.35. The molecule has 14 heteroatoms. The monoisotopic (exact) mass is 503 g/mol. The zero-order valence-electron chi connectivity index (χ0n) is 17.5. The maximum absolute atomic E-state index is 12.7. The molecule has 10 nitrogen and oxygen atoms in total. The van der Waals surface area contributed by atoms with Crippen LogP contribution in [0.2, 0.25) is 5.02 Å². The molecule has 1 aliphatic rings. The number of aliphatic carboxylic acids is 2. The van der Waals surface area contributed by atoms with E-state index in [-0.39, 0.29) is 23.3 Å². The Kier molecular flexibility index (Phi) is 8.62. The number of rotatable bonds is 5. The number of carbonyl (C=O) groups is 3. The lowest BCUT2D eigenvalue weighted by Crippen LogP contribution is -2.45. The minimum atomic E-state index is -5.08. The van der Waals surface area contributed by atoms with Crippen LogP contribution >= 0.6 is 11.6 Å². The Hall–Kier alpha value is -3.61. The van der Waals surface area contributed by atoms with Gasteiger partial charge in [-0.1, -0.05) is 30.5 Å². The fourth-order valence-corrected chi connectivity index (χ4v) is 3.66. The second-order valence-electron chi connectivity index (χ2n) is 7.36. The molecule has 3 rings (SSSR count). The summed E-state index contributed by atoms with van der Waals surface area (Å²) in [6.45, 7) is 0. The number of alkyl halides is 3. The first kappa shape index (κ1) is 26.6. The van der Waals surface area contributed by atoms with Crippen molar-refractivity contribution in [1.29, 1.82) is 0 Å². The van der Waals surface area contributed by atoms with Crippen LogP contribution in [0, 0.1) is 5.92 Å². The van der Waals surface area contributed by atoms with E-state index < -0.39 is 30.1 Å². The minimum Gasteiger partial charge on any atom is -0.480 e. The number of nitrogens with two attached hydrogens (primary N) is 2. The molecule has 0 aliphatic heterocycles. The number of nitrogens with one attached hydrogen (secondary N) is 1. The number of aromatic nitrogens is 1. The van der Waals surface area contributed by atoms with Gasteiger partial charge < -0.3 is 27.0 Å². The third-order valence-electron chi connectivity index (χ3n) is 4.98. The minimum absolute atomic E-state index is 0.0554. The molecule has 1 saturated carbocycles. The Morgan fingerprint density at radius 2 is 1.74 bits per heavy atom. The Morgan fingerprint density at radius 1 is 1.15 bits per heavy atom. The van der Waals surface area contributed by atoms with Gasteiger partial charge in [0.15, 0.2) is 11.8 Å². The number of halogens is 4. The van der Waals surface area contributed by atoms with Crippen LogP contribution in [0.5, 0.6) is 0 Å². The van der Waals surface area contributed by atoms with Gasteiger partial charge in [-0.3, -0.25) is 4.79 Å². The summed E-state index contributed by atoms with van der Waals surface area (Å²) in [5.41, 5.74) is 11.1. The van der Waals surface area contributed by atoms with Crippen molar-refractivity contribution in [1.82, 2.24) is 10.3 Å². The normalized spacial score (nSPS) is 14.6. The summed E-state index contributed by atoms with van der Waals surface area (Å²) in [4.78, 5) is 41.2. The molecule has 0 spiro atoms. The summed E-state index contributed by atoms with van der Waals surface area (Å²) < 4.78 is 31.7. The third-order valence-corrected chi connectivity index (χ3v) is 5.28. The summed E-state index contributed by atoms with van der Waals surface area (Å²) >= 11 is 6.16. The molecule has 1 aromatic heterocycles. The van der Waals surface area contributed by atoms with Crippen molar-refractivity contribution >= 4 is 52.0 Å². The second kappa shape index (κ2) is 11.0. The van der Waals surface area contributed by atoms with E-state index in [1.807, 2.05) is 0 Å². The largest absolute Gasteiger partial charge is 0.490 e. The summed E-state index contributed by atoms with van der Waals surface area (Å²) in [5, 5.41) is 20.8. The second-order valence-corrected chi connectivity index (χ2v) is 7.77. The van der Waals surface area contributed by atoms with Crippen molar-refractivity contribution in [3.63, 3.8) is 0 Å². The predicted octanol–water partition coefficient (Wildman–Crippen LogP) is 2.80. The highest BCUT2D eigenvalue weighted by atomic mass is 35.5. The molecular formula is C20H21ClF3N5O5. The standard InChI is InChI=1S/C18H20ClN5O3.C2HF3O2/c19-13-8-22-15(24-18(20)21)12-7-10(5-6-11(12)13)16(25)23-14(17(26)27)9-3-1-2-4-9;3-2(4,5)1(6)7/h5-9,14H,1-4H2,(H,23,25)(H,26,27)(H4,20,21,22,24);(H,6,7)/t14-;/m0./s1. The Balaban J connectivity index is 0.000000509. The zero-order chi connectivity index (χ0) is 25.6. The quantitative estimate of drug-likeness (QED) is 0.305. The van der Waals surface area contributed by atoms with Crippen molar-refractivity contribution in [3.05, 3.63) is 35.0 Å². The molecular weight excluding hydrogens is 483 g/mol. The SMILES string of the molecule is NC(N)=Nc1ncc(Cl)c2ccc(C(=O)N[C@H](C(=O)O)C3CCCC3)cc12.O=C(O)C(F)(F)F. The predicted molar refractivity (Wildman–Crippen MR) is 117 cm³/mol. The summed E-state index contributed by atoms with van der Waals surface area (Å²) in [7, 11) is 0. The summed E-state index contributed by atoms with van der Waals surface area (Å²) in [6, 6.07) is 3.88. The topological polar surface area (TPSA) is 181 Å². The third kappa shape index (κ3) is 6.94. The number of hydrogen-bond acceptors (Lipinski definition) is 5. The summed E-state index contributed by atoms with van der Waals surface area (Å²) in [6.07, 6.45) is -0.114. The smallest absolute Gasteiger partial charge is 0.480 e. The number of carboxylic acid groups (broad SMARTS) is 2. The molecule has 1 aliphatic carbocycles. The van der Waals surface area contributed by atoms with Crippen LogP contribution in [0.15, 0.2) is 29.4 Å². The lowest BCUT2D eigenvalue weighted by Gasteiger charge is -2.20. The highest BCUT2D eigenvalue weighted by Crippen LogP contribution is 2.31. The number of fused-ring (bicyclic) bond motifs is 1. The first-order chi connectivity index (χ1) is 15.8. The van der Waals surface area contributed by atoms with E-state index in [2.05, 4.69) is 15.3 Å². The molecule has 1 aromatic carbocycles. The summed E-state index contributed by atoms with van der Waals surface area (Å²) in [5.74, 6) is -4.26. The first-order valence-electron chi connectivity index (χ1n) is 9.83. The molecule has 1 amide bonds. The lowest BCUT2D eigenvalue weighted by atomic mass is 9.97. The number of hydrogen-bond donors (Lipinski definition) is 5. The van der Waals surface area contributed by atoms with Crippen LogP contribution in [-0.2, 0) is 9.59 Å². The van der Waals surface area contributed by atoms with Gasteiger partial charge in [0, 0.05) is 22.5 Å². The van der Waals surface area contributed by atoms with Gasteiger partial charge in [-0.05, 0) is 30.9 Å². The Morgan fingerprint density at radius 3 is 2.24 bits per heavy atom.